The summed E-state index contributed by atoms with van der Waals surface area (Å²) in [5.41, 5.74) is -2.25. The van der Waals surface area contributed by atoms with Crippen molar-refractivity contribution < 1.29 is 24.2 Å². The Morgan fingerprint density at radius 1 is 1.06 bits per heavy atom. The molecule has 1 spiro atoms. The molecule has 8 heteroatoms. The molecule has 0 radical (unpaired) electrons. The fourth-order valence-electron chi connectivity index (χ4n) is 6.13. The van der Waals surface area contributed by atoms with Gasteiger partial charge in [0.1, 0.15) is 11.6 Å². The Hall–Kier alpha value is -2.19. The van der Waals surface area contributed by atoms with E-state index in [4.69, 9.17) is 4.74 Å². The largest absolute Gasteiger partial charge is 0.394 e. The molecule has 1 N–H and O–H groups in total. The van der Waals surface area contributed by atoms with E-state index in [2.05, 4.69) is 6.92 Å². The summed E-state index contributed by atoms with van der Waals surface area (Å²) in [6.45, 7) is 8.26. The van der Waals surface area contributed by atoms with Gasteiger partial charge in [0, 0.05) is 26.2 Å². The molecule has 2 fully saturated rings. The van der Waals surface area contributed by atoms with Gasteiger partial charge in [0.05, 0.1) is 30.1 Å². The smallest absolute Gasteiger partial charge is 0.249 e. The minimum atomic E-state index is -1.25. The van der Waals surface area contributed by atoms with Crippen LogP contribution in [0.4, 0.5) is 0 Å². The number of amides is 3. The molecule has 2 saturated heterocycles. The summed E-state index contributed by atoms with van der Waals surface area (Å²) in [5, 5.41) is 9.94. The Labute approximate surface area is 189 Å². The van der Waals surface area contributed by atoms with Crippen LogP contribution in [-0.2, 0) is 19.1 Å². The van der Waals surface area contributed by atoms with Crippen molar-refractivity contribution in [3.8, 4) is 0 Å². The summed E-state index contributed by atoms with van der Waals surface area (Å²) in [7, 11) is 1.72. The summed E-state index contributed by atoms with van der Waals surface area (Å²) in [4.78, 5) is 46.2. The van der Waals surface area contributed by atoms with Crippen LogP contribution in [0, 0.1) is 11.8 Å². The Kier molecular flexibility index (Phi) is 5.74. The quantitative estimate of drug-likeness (QED) is 0.637. The number of fused-ring (bicyclic) bond motifs is 2. The van der Waals surface area contributed by atoms with E-state index in [-0.39, 0.29) is 30.4 Å². The predicted molar refractivity (Wildman–Crippen MR) is 118 cm³/mol. The van der Waals surface area contributed by atoms with Gasteiger partial charge in [-0.25, -0.2) is 0 Å². The maximum atomic E-state index is 14.0. The fourth-order valence-corrected chi connectivity index (χ4v) is 6.13. The lowest BCUT2D eigenvalue weighted by Gasteiger charge is -2.40. The highest BCUT2D eigenvalue weighted by Gasteiger charge is 2.75. The maximum Gasteiger partial charge on any atom is 0.249 e. The summed E-state index contributed by atoms with van der Waals surface area (Å²) in [6.07, 6.45) is 9.30. The minimum Gasteiger partial charge on any atom is -0.394 e. The molecule has 0 saturated carbocycles. The zero-order chi connectivity index (χ0) is 23.4. The van der Waals surface area contributed by atoms with Crippen molar-refractivity contribution >= 4 is 17.7 Å². The van der Waals surface area contributed by atoms with E-state index >= 15 is 0 Å². The molecule has 4 rings (SSSR count). The third-order valence-corrected chi connectivity index (χ3v) is 7.71. The lowest BCUT2D eigenvalue weighted by molar-refractivity contribution is -0.156. The molecule has 0 aliphatic carbocycles. The van der Waals surface area contributed by atoms with Gasteiger partial charge in [0.25, 0.3) is 0 Å². The number of aliphatic hydroxyl groups excluding tert-OH is 1. The van der Waals surface area contributed by atoms with Crippen LogP contribution in [-0.4, -0.2) is 93.6 Å². The summed E-state index contributed by atoms with van der Waals surface area (Å²) in [5.74, 6) is -2.21. The van der Waals surface area contributed by atoms with Gasteiger partial charge in [0.15, 0.2) is 0 Å². The van der Waals surface area contributed by atoms with E-state index in [1.165, 1.54) is 4.90 Å². The number of ether oxygens (including phenoxy) is 1. The van der Waals surface area contributed by atoms with Crippen molar-refractivity contribution in [2.75, 3.05) is 26.7 Å². The van der Waals surface area contributed by atoms with Crippen molar-refractivity contribution in [1.29, 1.82) is 0 Å². The first-order chi connectivity index (χ1) is 15.1. The summed E-state index contributed by atoms with van der Waals surface area (Å²) in [6, 6.07) is -1.49. The van der Waals surface area contributed by atoms with Gasteiger partial charge >= 0.3 is 0 Å². The van der Waals surface area contributed by atoms with Crippen LogP contribution in [0.1, 0.15) is 40.5 Å². The first-order valence-corrected chi connectivity index (χ1v) is 11.7. The normalized spacial score (nSPS) is 38.4. The van der Waals surface area contributed by atoms with Crippen molar-refractivity contribution in [3.05, 3.63) is 24.3 Å². The molecule has 0 aromatic carbocycles. The van der Waals surface area contributed by atoms with Crippen LogP contribution in [0.15, 0.2) is 24.3 Å². The number of likely N-dealkylation sites (N-methyl/N-ethyl adjacent to an activating group) is 1. The molecule has 2 unspecified atom stereocenters. The van der Waals surface area contributed by atoms with Gasteiger partial charge in [-0.3, -0.25) is 14.4 Å². The topological polar surface area (TPSA) is 90.4 Å². The molecule has 4 aliphatic heterocycles. The second-order valence-corrected chi connectivity index (χ2v) is 9.93. The van der Waals surface area contributed by atoms with Crippen LogP contribution in [0.2, 0.25) is 0 Å². The number of nitrogens with zero attached hydrogens (tertiary/aromatic N) is 3. The van der Waals surface area contributed by atoms with Crippen molar-refractivity contribution in [2.45, 2.75) is 69.9 Å². The van der Waals surface area contributed by atoms with E-state index in [0.717, 1.165) is 12.8 Å². The van der Waals surface area contributed by atoms with E-state index in [0.29, 0.717) is 13.1 Å². The van der Waals surface area contributed by atoms with Gasteiger partial charge in [-0.2, -0.15) is 0 Å². The number of carbonyl (C=O) groups excluding carboxylic acids is 3. The number of carbonyl (C=O) groups is 3. The highest BCUT2D eigenvalue weighted by atomic mass is 16.5. The molecular weight excluding hydrogens is 410 g/mol. The minimum absolute atomic E-state index is 0.00265. The lowest BCUT2D eigenvalue weighted by Crippen LogP contribution is -2.59. The average Bonchev–Trinajstić information content (AvgIpc) is 3.03. The molecule has 8 nitrogen and oxygen atoms in total. The Balaban J connectivity index is 1.88. The molecule has 4 heterocycles. The van der Waals surface area contributed by atoms with Crippen molar-refractivity contribution in [1.82, 2.24) is 14.7 Å². The SMILES string of the molecule is CCCC(C)N1CC=C[C@]23O[C@]4(C)C=CCN(C)C(=O)[C@@H]4[C@H]2C(=O)N([C@H](C)CO)C3C1=O. The zero-order valence-corrected chi connectivity index (χ0v) is 19.7. The van der Waals surface area contributed by atoms with Crippen LogP contribution < -0.4 is 0 Å². The maximum absolute atomic E-state index is 14.0. The Bertz CT molecular complexity index is 872. The van der Waals surface area contributed by atoms with E-state index < -0.39 is 35.1 Å². The molecule has 0 bridgehead atoms. The third kappa shape index (κ3) is 3.06. The molecule has 7 atom stereocenters. The van der Waals surface area contributed by atoms with Gasteiger partial charge < -0.3 is 24.5 Å². The number of rotatable bonds is 5. The van der Waals surface area contributed by atoms with Gasteiger partial charge in [0.2, 0.25) is 17.7 Å². The van der Waals surface area contributed by atoms with Crippen LogP contribution in [0.3, 0.4) is 0 Å². The van der Waals surface area contributed by atoms with Crippen LogP contribution >= 0.6 is 0 Å². The second-order valence-electron chi connectivity index (χ2n) is 9.93. The average molecular weight is 446 g/mol. The first kappa shape index (κ1) is 23.0. The molecule has 0 aromatic rings. The molecule has 176 valence electrons. The Morgan fingerprint density at radius 2 is 1.75 bits per heavy atom. The van der Waals surface area contributed by atoms with Gasteiger partial charge in [-0.15, -0.1) is 0 Å². The van der Waals surface area contributed by atoms with E-state index in [1.807, 2.05) is 38.2 Å². The van der Waals surface area contributed by atoms with Crippen molar-refractivity contribution in [3.63, 3.8) is 0 Å². The number of hydrogen-bond donors (Lipinski definition) is 1. The number of hydrogen-bond acceptors (Lipinski definition) is 5. The fraction of sp³-hybridized carbons (Fsp3) is 0.708. The van der Waals surface area contributed by atoms with Crippen molar-refractivity contribution in [2.24, 2.45) is 11.8 Å². The number of aliphatic hydroxyl groups is 1. The third-order valence-electron chi connectivity index (χ3n) is 7.71. The van der Waals surface area contributed by atoms with Crippen LogP contribution in [0.5, 0.6) is 0 Å². The summed E-state index contributed by atoms with van der Waals surface area (Å²) < 4.78 is 6.69. The summed E-state index contributed by atoms with van der Waals surface area (Å²) >= 11 is 0. The number of likely N-dealkylation sites (tertiary alicyclic amines) is 1. The highest BCUT2D eigenvalue weighted by molar-refractivity contribution is 6.00. The standard InChI is InChI=1S/C24H35N3O5/c1-6-9-15(2)26-13-8-11-24-18(21(30)27(16(3)14-28)19(24)22(26)31)17-20(29)25(5)12-7-10-23(17,4)32-24/h7-8,10-11,15-19,28H,6,9,12-14H2,1-5H3/t15?,16-,17+,18+,19?,23-,24+/m1/s1. The molecule has 3 amide bonds. The van der Waals surface area contributed by atoms with Gasteiger partial charge in [-0.1, -0.05) is 37.6 Å². The molecule has 0 aromatic heterocycles. The monoisotopic (exact) mass is 445 g/mol. The molecule has 32 heavy (non-hydrogen) atoms. The lowest BCUT2D eigenvalue weighted by atomic mass is 9.74. The molecule has 4 aliphatic rings. The first-order valence-electron chi connectivity index (χ1n) is 11.7. The highest BCUT2D eigenvalue weighted by Crippen LogP contribution is 2.57. The second kappa shape index (κ2) is 7.99. The van der Waals surface area contributed by atoms with E-state index in [1.54, 1.807) is 23.8 Å². The zero-order valence-electron chi connectivity index (χ0n) is 19.7. The Morgan fingerprint density at radius 3 is 2.41 bits per heavy atom. The molecular formula is C24H35N3O5. The predicted octanol–water partition coefficient (Wildman–Crippen LogP) is 0.953. The van der Waals surface area contributed by atoms with Gasteiger partial charge in [-0.05, 0) is 27.2 Å². The van der Waals surface area contributed by atoms with Crippen LogP contribution in [0.25, 0.3) is 0 Å². The van der Waals surface area contributed by atoms with E-state index in [9.17, 15) is 19.5 Å².